The number of carbonyl (C=O) groups is 1. The Bertz CT molecular complexity index is 1480. The molecule has 1 N–H and O–H groups in total. The molecule has 1 aromatic carbocycles. The van der Waals surface area contributed by atoms with E-state index in [2.05, 4.69) is 63.5 Å². The molecule has 8 nitrogen and oxygen atoms in total. The van der Waals surface area contributed by atoms with Crippen molar-refractivity contribution in [3.8, 4) is 11.3 Å². The van der Waals surface area contributed by atoms with Gasteiger partial charge in [0.05, 0.1) is 5.69 Å². The van der Waals surface area contributed by atoms with Gasteiger partial charge in [-0.1, -0.05) is 19.9 Å². The van der Waals surface area contributed by atoms with Crippen LogP contribution in [0.3, 0.4) is 0 Å². The molecule has 0 bridgehead atoms. The maximum Gasteiger partial charge on any atom is 0.223 e. The largest absolute Gasteiger partial charge is 0.354 e. The molecule has 2 saturated heterocycles. The van der Waals surface area contributed by atoms with Gasteiger partial charge in [-0.2, -0.15) is 4.52 Å². The molecular formula is C30H38FN7O. The smallest absolute Gasteiger partial charge is 0.223 e. The van der Waals surface area contributed by atoms with Gasteiger partial charge in [0.2, 0.25) is 5.91 Å². The van der Waals surface area contributed by atoms with Crippen molar-refractivity contribution in [1.82, 2.24) is 34.8 Å². The van der Waals surface area contributed by atoms with E-state index < -0.39 is 6.17 Å². The third-order valence-corrected chi connectivity index (χ3v) is 8.69. The minimum Gasteiger partial charge on any atom is -0.354 e. The number of amides is 1. The van der Waals surface area contributed by atoms with Gasteiger partial charge in [-0.3, -0.25) is 4.79 Å². The third kappa shape index (κ3) is 5.16. The van der Waals surface area contributed by atoms with Gasteiger partial charge in [0.15, 0.2) is 5.65 Å². The Balaban J connectivity index is 1.17. The summed E-state index contributed by atoms with van der Waals surface area (Å²) in [6.45, 7) is 10.4. The summed E-state index contributed by atoms with van der Waals surface area (Å²) < 4.78 is 15.1. The second-order valence-electron chi connectivity index (χ2n) is 11.7. The number of fused-ring (bicyclic) bond motifs is 2. The number of nitrogens with zero attached hydrogens (tertiary/aromatic N) is 6. The van der Waals surface area contributed by atoms with Gasteiger partial charge in [0.1, 0.15) is 6.17 Å². The van der Waals surface area contributed by atoms with Crippen LogP contribution in [0.5, 0.6) is 0 Å². The molecule has 0 unspecified atom stereocenters. The van der Waals surface area contributed by atoms with E-state index in [1.54, 1.807) is 4.52 Å². The number of aromatic amines is 1. The molecule has 3 aromatic heterocycles. The van der Waals surface area contributed by atoms with Gasteiger partial charge in [0, 0.05) is 61.8 Å². The van der Waals surface area contributed by atoms with Crippen LogP contribution in [0.1, 0.15) is 74.5 Å². The summed E-state index contributed by atoms with van der Waals surface area (Å²) in [4.78, 5) is 20.8. The van der Waals surface area contributed by atoms with E-state index in [0.29, 0.717) is 31.1 Å². The molecule has 9 heteroatoms. The van der Waals surface area contributed by atoms with Crippen molar-refractivity contribution in [2.75, 3.05) is 32.7 Å². The van der Waals surface area contributed by atoms with Crippen molar-refractivity contribution < 1.29 is 9.18 Å². The lowest BCUT2D eigenvalue weighted by atomic mass is 9.87. The Morgan fingerprint density at radius 1 is 1.10 bits per heavy atom. The molecule has 0 spiro atoms. The lowest BCUT2D eigenvalue weighted by Crippen LogP contribution is -2.41. The Morgan fingerprint density at radius 3 is 2.62 bits per heavy atom. The maximum absolute atomic E-state index is 13.4. The first-order chi connectivity index (χ1) is 18.9. The Morgan fingerprint density at radius 2 is 1.87 bits per heavy atom. The number of carbonyl (C=O) groups excluding carboxylic acids is 1. The maximum atomic E-state index is 13.4. The quantitative estimate of drug-likeness (QED) is 0.368. The molecule has 2 fully saturated rings. The molecule has 206 valence electrons. The number of aryl methyl sites for hydroxylation is 1. The Hall–Kier alpha value is -3.33. The van der Waals surface area contributed by atoms with Crippen molar-refractivity contribution >= 4 is 22.5 Å². The van der Waals surface area contributed by atoms with E-state index in [1.165, 1.54) is 16.5 Å². The van der Waals surface area contributed by atoms with Crippen molar-refractivity contribution in [3.05, 3.63) is 47.2 Å². The standard InChI is InChI=1S/C30H38FN7O/c1-19(2)28-25-17-22(4-5-26(25)32-29(28)23-16-20(3)30-33-34-35-38(30)18-23)21-6-14-37(15-7-21)27(39)10-13-36-11-8-24(31)9-12-36/h4-5,16-19,21,24,32H,6-15H2,1-3H3. The first-order valence-corrected chi connectivity index (χ1v) is 14.4. The van der Waals surface area contributed by atoms with E-state index >= 15 is 0 Å². The third-order valence-electron chi connectivity index (χ3n) is 8.69. The molecule has 6 rings (SSSR count). The fraction of sp³-hybridized carbons (Fsp3) is 0.533. The molecule has 2 aliphatic heterocycles. The first kappa shape index (κ1) is 25.9. The van der Waals surface area contributed by atoms with Crippen LogP contribution in [0, 0.1) is 6.92 Å². The SMILES string of the molecule is Cc1cc(-c2[nH]c3ccc(C4CCN(C(=O)CCN5CCC(F)CC5)CC4)cc3c2C(C)C)cn2nnnc12. The van der Waals surface area contributed by atoms with E-state index in [1.807, 2.05) is 18.0 Å². The van der Waals surface area contributed by atoms with Crippen LogP contribution in [-0.2, 0) is 4.79 Å². The molecule has 0 radical (unpaired) electrons. The highest BCUT2D eigenvalue weighted by atomic mass is 19.1. The summed E-state index contributed by atoms with van der Waals surface area (Å²) in [7, 11) is 0. The number of halogens is 1. The molecule has 2 aliphatic rings. The van der Waals surface area contributed by atoms with Gasteiger partial charge >= 0.3 is 0 Å². The number of alkyl halides is 1. The summed E-state index contributed by atoms with van der Waals surface area (Å²) in [5.74, 6) is 1.02. The van der Waals surface area contributed by atoms with Crippen LogP contribution in [0.4, 0.5) is 4.39 Å². The van der Waals surface area contributed by atoms with Gasteiger partial charge in [0.25, 0.3) is 0 Å². The fourth-order valence-corrected chi connectivity index (χ4v) is 6.45. The number of pyridine rings is 1. The highest BCUT2D eigenvalue weighted by Gasteiger charge is 2.26. The molecule has 0 atom stereocenters. The highest BCUT2D eigenvalue weighted by Crippen LogP contribution is 2.38. The lowest BCUT2D eigenvalue weighted by Gasteiger charge is -2.33. The first-order valence-electron chi connectivity index (χ1n) is 14.4. The van der Waals surface area contributed by atoms with Crippen molar-refractivity contribution in [3.63, 3.8) is 0 Å². The van der Waals surface area contributed by atoms with Crippen LogP contribution >= 0.6 is 0 Å². The summed E-state index contributed by atoms with van der Waals surface area (Å²) in [5.41, 5.74) is 7.80. The number of hydrogen-bond acceptors (Lipinski definition) is 5. The predicted molar refractivity (Wildman–Crippen MR) is 151 cm³/mol. The molecular weight excluding hydrogens is 493 g/mol. The van der Waals surface area contributed by atoms with Gasteiger partial charge in [-0.25, -0.2) is 4.39 Å². The topological polar surface area (TPSA) is 82.4 Å². The molecule has 0 saturated carbocycles. The predicted octanol–water partition coefficient (Wildman–Crippen LogP) is 5.23. The summed E-state index contributed by atoms with van der Waals surface area (Å²) in [5, 5.41) is 13.3. The van der Waals surface area contributed by atoms with Gasteiger partial charge in [-0.05, 0) is 89.8 Å². The number of rotatable bonds is 6. The number of H-pyrrole nitrogens is 1. The normalized spacial score (nSPS) is 18.1. The number of piperidine rings is 2. The van der Waals surface area contributed by atoms with Crippen LogP contribution in [-0.4, -0.2) is 79.6 Å². The fourth-order valence-electron chi connectivity index (χ4n) is 6.45. The van der Waals surface area contributed by atoms with Crippen LogP contribution in [0.15, 0.2) is 30.5 Å². The van der Waals surface area contributed by atoms with Crippen molar-refractivity contribution in [1.29, 1.82) is 0 Å². The summed E-state index contributed by atoms with van der Waals surface area (Å²) in [6, 6.07) is 8.97. The average molecular weight is 532 g/mol. The number of nitrogens with one attached hydrogen (secondary N) is 1. The lowest BCUT2D eigenvalue weighted by molar-refractivity contribution is -0.132. The zero-order valence-corrected chi connectivity index (χ0v) is 23.2. The highest BCUT2D eigenvalue weighted by molar-refractivity contribution is 5.92. The number of tetrazole rings is 1. The Labute approximate surface area is 228 Å². The monoisotopic (exact) mass is 531 g/mol. The zero-order valence-electron chi connectivity index (χ0n) is 23.2. The van der Waals surface area contributed by atoms with E-state index in [0.717, 1.165) is 73.6 Å². The summed E-state index contributed by atoms with van der Waals surface area (Å²) >= 11 is 0. The van der Waals surface area contributed by atoms with E-state index in [-0.39, 0.29) is 5.91 Å². The molecule has 1 amide bonds. The number of benzene rings is 1. The second-order valence-corrected chi connectivity index (χ2v) is 11.7. The van der Waals surface area contributed by atoms with Gasteiger partial charge < -0.3 is 14.8 Å². The molecule has 5 heterocycles. The average Bonchev–Trinajstić information content (AvgIpc) is 3.57. The Kier molecular flexibility index (Phi) is 7.10. The van der Waals surface area contributed by atoms with E-state index in [4.69, 9.17) is 0 Å². The molecule has 4 aromatic rings. The number of hydrogen-bond donors (Lipinski definition) is 1. The summed E-state index contributed by atoms with van der Waals surface area (Å²) in [6.07, 6.45) is 5.01. The van der Waals surface area contributed by atoms with Crippen molar-refractivity contribution in [2.45, 2.75) is 70.9 Å². The van der Waals surface area contributed by atoms with E-state index in [9.17, 15) is 9.18 Å². The molecule has 0 aliphatic carbocycles. The molecule has 39 heavy (non-hydrogen) atoms. The minimum atomic E-state index is -0.671. The van der Waals surface area contributed by atoms with Crippen LogP contribution in [0.25, 0.3) is 27.8 Å². The van der Waals surface area contributed by atoms with Gasteiger partial charge in [-0.15, -0.1) is 5.10 Å². The zero-order chi connectivity index (χ0) is 27.1. The van der Waals surface area contributed by atoms with Crippen molar-refractivity contribution in [2.24, 2.45) is 0 Å². The minimum absolute atomic E-state index is 0.235. The van der Waals surface area contributed by atoms with Crippen LogP contribution < -0.4 is 0 Å². The van der Waals surface area contributed by atoms with Crippen LogP contribution in [0.2, 0.25) is 0 Å². The number of likely N-dealkylation sites (tertiary alicyclic amines) is 2. The second kappa shape index (κ2) is 10.7. The number of aromatic nitrogens is 5.